The molecule has 25 heavy (non-hydrogen) atoms. The molecule has 0 aliphatic carbocycles. The molecule has 4 nitrogen and oxygen atoms in total. The van der Waals surface area contributed by atoms with Crippen molar-refractivity contribution < 1.29 is 10.2 Å². The summed E-state index contributed by atoms with van der Waals surface area (Å²) < 4.78 is 0. The van der Waals surface area contributed by atoms with E-state index in [1.807, 2.05) is 24.3 Å². The smallest absolute Gasteiger partial charge is 0.145 e. The van der Waals surface area contributed by atoms with Crippen LogP contribution in [0.25, 0.3) is 21.5 Å². The van der Waals surface area contributed by atoms with E-state index < -0.39 is 0 Å². The third-order valence-corrected chi connectivity index (χ3v) is 4.73. The van der Waals surface area contributed by atoms with E-state index in [0.717, 1.165) is 0 Å². The normalized spacial score (nSPS) is 11.3. The first-order valence-corrected chi connectivity index (χ1v) is 8.34. The van der Waals surface area contributed by atoms with Gasteiger partial charge in [0.15, 0.2) is 0 Å². The molecule has 0 spiro atoms. The van der Waals surface area contributed by atoms with Crippen LogP contribution in [-0.4, -0.2) is 20.2 Å². The van der Waals surface area contributed by atoms with E-state index >= 15 is 0 Å². The summed E-state index contributed by atoms with van der Waals surface area (Å²) >= 11 is 12.5. The van der Waals surface area contributed by atoms with Gasteiger partial charge in [0.05, 0.1) is 11.4 Å². The van der Waals surface area contributed by atoms with Crippen LogP contribution in [-0.2, 0) is 6.42 Å². The Bertz CT molecular complexity index is 1040. The lowest BCUT2D eigenvalue weighted by Gasteiger charge is -2.11. The molecular weight excluding hydrogens is 359 g/mol. The number of fused-ring (bicyclic) bond motifs is 2. The van der Waals surface area contributed by atoms with E-state index in [1.165, 1.54) is 0 Å². The van der Waals surface area contributed by atoms with Gasteiger partial charge >= 0.3 is 0 Å². The van der Waals surface area contributed by atoms with Crippen molar-refractivity contribution in [2.75, 3.05) is 0 Å². The van der Waals surface area contributed by atoms with E-state index in [2.05, 4.69) is 9.97 Å². The minimum Gasteiger partial charge on any atom is -0.505 e. The highest BCUT2D eigenvalue weighted by atomic mass is 35.5. The third kappa shape index (κ3) is 2.64. The number of halogens is 2. The highest BCUT2D eigenvalue weighted by molar-refractivity contribution is 6.35. The summed E-state index contributed by atoms with van der Waals surface area (Å²) in [6, 6.07) is 14.4. The molecule has 0 fully saturated rings. The van der Waals surface area contributed by atoms with Crippen molar-refractivity contribution in [3.05, 3.63) is 70.2 Å². The lowest BCUT2D eigenvalue weighted by molar-refractivity contribution is 0.464. The first-order valence-electron chi connectivity index (χ1n) is 7.58. The predicted molar refractivity (Wildman–Crippen MR) is 99.6 cm³/mol. The Morgan fingerprint density at radius 3 is 1.40 bits per heavy atom. The fourth-order valence-electron chi connectivity index (χ4n) is 2.92. The summed E-state index contributed by atoms with van der Waals surface area (Å²) in [6.07, 6.45) is 0.104. The van der Waals surface area contributed by atoms with Gasteiger partial charge in [0, 0.05) is 28.0 Å². The number of aromatic hydroxyl groups is 2. The second-order valence-corrected chi connectivity index (χ2v) is 6.38. The van der Waals surface area contributed by atoms with Gasteiger partial charge in [0.25, 0.3) is 0 Å². The predicted octanol–water partition coefficient (Wildman–Crippen LogP) is 5.09. The summed E-state index contributed by atoms with van der Waals surface area (Å²) in [6.45, 7) is 0. The van der Waals surface area contributed by atoms with Crippen LogP contribution in [0.2, 0.25) is 10.3 Å². The zero-order valence-corrected chi connectivity index (χ0v) is 14.4. The Labute approximate surface area is 153 Å². The van der Waals surface area contributed by atoms with Crippen LogP contribution < -0.4 is 0 Å². The van der Waals surface area contributed by atoms with E-state index in [1.54, 1.807) is 24.3 Å². The quantitative estimate of drug-likeness (QED) is 0.482. The number of rotatable bonds is 2. The van der Waals surface area contributed by atoms with Crippen LogP contribution in [0, 0.1) is 0 Å². The lowest BCUT2D eigenvalue weighted by Crippen LogP contribution is -1.99. The monoisotopic (exact) mass is 370 g/mol. The van der Waals surface area contributed by atoms with Gasteiger partial charge in [0.1, 0.15) is 21.8 Å². The van der Waals surface area contributed by atoms with Gasteiger partial charge in [0.2, 0.25) is 0 Å². The molecule has 2 aromatic heterocycles. The topological polar surface area (TPSA) is 66.2 Å². The second-order valence-electron chi connectivity index (χ2n) is 5.66. The van der Waals surface area contributed by atoms with Crippen LogP contribution in [0.15, 0.2) is 48.5 Å². The molecule has 0 amide bonds. The Balaban J connectivity index is 1.89. The average Bonchev–Trinajstić information content (AvgIpc) is 2.64. The summed E-state index contributed by atoms with van der Waals surface area (Å²) in [5, 5.41) is 24.2. The zero-order chi connectivity index (χ0) is 17.6. The molecule has 0 aliphatic rings. The summed E-state index contributed by atoms with van der Waals surface area (Å²) in [5.74, 6) is 0.0379. The molecular formula is C19H12Cl2N2O2. The van der Waals surface area contributed by atoms with Crippen LogP contribution in [0.4, 0.5) is 0 Å². The molecule has 0 saturated heterocycles. The Morgan fingerprint density at radius 2 is 1.00 bits per heavy atom. The fourth-order valence-corrected chi connectivity index (χ4v) is 3.45. The number of pyridine rings is 2. The summed E-state index contributed by atoms with van der Waals surface area (Å²) in [5.41, 5.74) is 0.663. The van der Waals surface area contributed by atoms with Crippen molar-refractivity contribution in [3.63, 3.8) is 0 Å². The molecule has 0 saturated carbocycles. The standard InChI is InChI=1S/C19H12Cl2N2O2/c20-18-12-7-3-1-5-10(12)16(24)14(22-18)9-15-17(25)11-6-2-4-8-13(11)19(21)23-15/h1-8,24-25H,9H2. The fraction of sp³-hybridized carbons (Fsp3) is 0.0526. The number of hydrogen-bond acceptors (Lipinski definition) is 4. The van der Waals surface area contributed by atoms with Gasteiger partial charge in [-0.2, -0.15) is 0 Å². The molecule has 2 aromatic carbocycles. The molecule has 0 atom stereocenters. The van der Waals surface area contributed by atoms with E-state index in [4.69, 9.17) is 23.2 Å². The largest absolute Gasteiger partial charge is 0.505 e. The molecule has 0 unspecified atom stereocenters. The van der Waals surface area contributed by atoms with Crippen LogP contribution in [0.1, 0.15) is 11.4 Å². The Kier molecular flexibility index (Phi) is 3.86. The first kappa shape index (κ1) is 15.9. The highest BCUT2D eigenvalue weighted by Crippen LogP contribution is 2.36. The van der Waals surface area contributed by atoms with Crippen molar-refractivity contribution in [1.82, 2.24) is 9.97 Å². The molecule has 0 aliphatic heterocycles. The molecule has 2 N–H and O–H groups in total. The Hall–Kier alpha value is -2.56. The summed E-state index contributed by atoms with van der Waals surface area (Å²) in [7, 11) is 0. The Morgan fingerprint density at radius 1 is 0.640 bits per heavy atom. The van der Waals surface area contributed by atoms with Crippen molar-refractivity contribution in [2.24, 2.45) is 0 Å². The number of nitrogens with zero attached hydrogens (tertiary/aromatic N) is 2. The van der Waals surface area contributed by atoms with Crippen molar-refractivity contribution in [2.45, 2.75) is 6.42 Å². The maximum Gasteiger partial charge on any atom is 0.145 e. The molecule has 2 heterocycles. The van der Waals surface area contributed by atoms with Gasteiger partial charge in [-0.05, 0) is 0 Å². The summed E-state index contributed by atoms with van der Waals surface area (Å²) in [4.78, 5) is 8.54. The number of benzene rings is 2. The van der Waals surface area contributed by atoms with E-state index in [0.29, 0.717) is 32.9 Å². The van der Waals surface area contributed by atoms with Gasteiger partial charge in [-0.3, -0.25) is 0 Å². The lowest BCUT2D eigenvalue weighted by atomic mass is 10.1. The first-order chi connectivity index (χ1) is 12.1. The molecule has 4 rings (SSSR count). The van der Waals surface area contributed by atoms with Crippen LogP contribution >= 0.6 is 23.2 Å². The average molecular weight is 371 g/mol. The van der Waals surface area contributed by atoms with E-state index in [9.17, 15) is 10.2 Å². The maximum atomic E-state index is 10.5. The SMILES string of the molecule is Oc1c(Cc2nc(Cl)c3ccccc3c2O)nc(Cl)c2ccccc12. The molecule has 0 bridgehead atoms. The molecule has 124 valence electrons. The minimum atomic E-state index is 0.0190. The van der Waals surface area contributed by atoms with Crippen molar-refractivity contribution in [3.8, 4) is 11.5 Å². The molecule has 6 heteroatoms. The number of aromatic nitrogens is 2. The second kappa shape index (κ2) is 6.06. The van der Waals surface area contributed by atoms with Gasteiger partial charge in [-0.1, -0.05) is 71.7 Å². The van der Waals surface area contributed by atoms with Gasteiger partial charge < -0.3 is 10.2 Å². The molecule has 0 radical (unpaired) electrons. The van der Waals surface area contributed by atoms with Crippen LogP contribution in [0.5, 0.6) is 11.5 Å². The number of hydrogen-bond donors (Lipinski definition) is 2. The minimum absolute atomic E-state index is 0.0190. The maximum absolute atomic E-state index is 10.5. The van der Waals surface area contributed by atoms with E-state index in [-0.39, 0.29) is 28.2 Å². The molecule has 4 aromatic rings. The van der Waals surface area contributed by atoms with Crippen molar-refractivity contribution >= 4 is 44.7 Å². The highest BCUT2D eigenvalue weighted by Gasteiger charge is 2.17. The van der Waals surface area contributed by atoms with Crippen molar-refractivity contribution in [1.29, 1.82) is 0 Å². The van der Waals surface area contributed by atoms with Crippen LogP contribution in [0.3, 0.4) is 0 Å². The van der Waals surface area contributed by atoms with Gasteiger partial charge in [-0.25, -0.2) is 9.97 Å². The third-order valence-electron chi connectivity index (χ3n) is 4.16. The zero-order valence-electron chi connectivity index (χ0n) is 12.9. The van der Waals surface area contributed by atoms with Gasteiger partial charge in [-0.15, -0.1) is 0 Å².